The second-order valence-electron chi connectivity index (χ2n) is 9.30. The maximum absolute atomic E-state index is 11.4. The predicted molar refractivity (Wildman–Crippen MR) is 147 cm³/mol. The molecular formula is C23H38N8O7S. The van der Waals surface area contributed by atoms with E-state index in [1.165, 1.54) is 17.9 Å². The number of aryl methyl sites for hydroxylation is 1. The van der Waals surface area contributed by atoms with Crippen LogP contribution in [0.3, 0.4) is 0 Å². The molecule has 4 rings (SSSR count). The molecule has 0 bridgehead atoms. The second kappa shape index (κ2) is 15.3. The van der Waals surface area contributed by atoms with Gasteiger partial charge in [-0.15, -0.1) is 0 Å². The number of carboxylic acid groups (broad SMARTS) is 2. The first-order chi connectivity index (χ1) is 18.5. The van der Waals surface area contributed by atoms with Gasteiger partial charge >= 0.3 is 23.7 Å². The van der Waals surface area contributed by atoms with Crippen LogP contribution in [0.5, 0.6) is 0 Å². The first-order valence-corrected chi connectivity index (χ1v) is 13.7. The normalized spacial score (nSPS) is 20.1. The number of aliphatic carboxylic acids is 2. The zero-order chi connectivity index (χ0) is 29.1. The number of carbonyl (C=O) groups is 3. The van der Waals surface area contributed by atoms with Crippen LogP contribution in [0.2, 0.25) is 0 Å². The number of amides is 2. The molecule has 2 fully saturated rings. The van der Waals surface area contributed by atoms with Crippen LogP contribution in [0.15, 0.2) is 15.9 Å². The molecule has 9 N–H and O–H groups in total. The Labute approximate surface area is 228 Å². The molecule has 2 aromatic heterocycles. The summed E-state index contributed by atoms with van der Waals surface area (Å²) in [6, 6.07) is -0.276. The molecule has 0 aliphatic carbocycles. The number of unbranched alkanes of at least 4 members (excludes halogenated alkanes) is 2. The zero-order valence-electron chi connectivity index (χ0n) is 22.1. The number of hydrogen-bond acceptors (Lipinski definition) is 9. The smallest absolute Gasteiger partial charge is 0.332 e. The molecule has 2 aliphatic rings. The molecule has 2 aliphatic heterocycles. The fourth-order valence-electron chi connectivity index (χ4n) is 4.17. The molecule has 15 nitrogen and oxygen atoms in total. The quantitative estimate of drug-likeness (QED) is 0.139. The third kappa shape index (κ3) is 9.11. The van der Waals surface area contributed by atoms with E-state index in [1.54, 1.807) is 7.05 Å². The number of thioether (sulfide) groups is 1. The van der Waals surface area contributed by atoms with E-state index < -0.39 is 18.0 Å². The minimum absolute atomic E-state index is 0.0640. The summed E-state index contributed by atoms with van der Waals surface area (Å²) in [5.41, 5.74) is 10.4. The summed E-state index contributed by atoms with van der Waals surface area (Å²) in [6.45, 7) is 0.604. The Bertz CT molecular complexity index is 1240. The van der Waals surface area contributed by atoms with Gasteiger partial charge in [-0.1, -0.05) is 12.8 Å². The van der Waals surface area contributed by atoms with Gasteiger partial charge in [-0.05, 0) is 32.2 Å². The van der Waals surface area contributed by atoms with Crippen molar-refractivity contribution in [1.29, 1.82) is 0 Å². The Hall–Kier alpha value is -3.37. The van der Waals surface area contributed by atoms with Gasteiger partial charge in [0.2, 0.25) is 0 Å². The first-order valence-electron chi connectivity index (χ1n) is 12.7. The Morgan fingerprint density at radius 3 is 2.49 bits per heavy atom. The topological polar surface area (TPSA) is 240 Å². The molecule has 2 amide bonds. The number of hydrogen-bond donors (Lipinski definition) is 7. The lowest BCUT2D eigenvalue weighted by molar-refractivity contribution is -0.139. The molecule has 39 heavy (non-hydrogen) atoms. The van der Waals surface area contributed by atoms with Crippen LogP contribution in [0.25, 0.3) is 11.2 Å². The van der Waals surface area contributed by atoms with Crippen LogP contribution in [0.4, 0.5) is 4.79 Å². The van der Waals surface area contributed by atoms with E-state index in [1.807, 2.05) is 11.8 Å². The van der Waals surface area contributed by atoms with Crippen LogP contribution in [0.1, 0.15) is 44.9 Å². The summed E-state index contributed by atoms with van der Waals surface area (Å²) in [7, 11) is 3.01. The molecule has 0 radical (unpaired) electrons. The average Bonchev–Trinajstić information content (AvgIpc) is 3.61. The van der Waals surface area contributed by atoms with Crippen molar-refractivity contribution >= 4 is 40.9 Å². The Morgan fingerprint density at radius 2 is 1.85 bits per heavy atom. The number of H-pyrrole nitrogens is 1. The number of imidazole rings is 1. The van der Waals surface area contributed by atoms with Gasteiger partial charge in [-0.25, -0.2) is 14.6 Å². The Balaban J connectivity index is 0.000000212. The van der Waals surface area contributed by atoms with Gasteiger partial charge in [0.1, 0.15) is 11.6 Å². The number of nitrogens with zero attached hydrogens (tertiary/aromatic N) is 3. The Kier molecular flexibility index (Phi) is 12.5. The number of aromatic nitrogens is 4. The molecule has 2 saturated heterocycles. The molecule has 2 aromatic rings. The molecule has 4 atom stereocenters. The minimum Gasteiger partial charge on any atom is -0.481 e. The molecule has 0 spiro atoms. The number of carboxylic acids is 2. The lowest BCUT2D eigenvalue weighted by Crippen LogP contribution is -2.36. The van der Waals surface area contributed by atoms with Gasteiger partial charge in [0, 0.05) is 31.5 Å². The molecule has 0 aromatic carbocycles. The maximum atomic E-state index is 11.4. The largest absolute Gasteiger partial charge is 0.481 e. The molecule has 0 unspecified atom stereocenters. The number of nitrogens with one attached hydrogen (secondary N) is 3. The maximum Gasteiger partial charge on any atom is 0.332 e. The number of rotatable bonds is 10. The predicted octanol–water partition coefficient (Wildman–Crippen LogP) is -0.716. The van der Waals surface area contributed by atoms with Crippen molar-refractivity contribution in [1.82, 2.24) is 29.7 Å². The van der Waals surface area contributed by atoms with Gasteiger partial charge in [-0.2, -0.15) is 11.8 Å². The van der Waals surface area contributed by atoms with Crippen molar-refractivity contribution in [2.45, 2.75) is 68.3 Å². The average molecular weight is 571 g/mol. The van der Waals surface area contributed by atoms with Crippen LogP contribution >= 0.6 is 11.8 Å². The van der Waals surface area contributed by atoms with Gasteiger partial charge in [0.15, 0.2) is 5.65 Å². The van der Waals surface area contributed by atoms with Gasteiger partial charge in [-0.3, -0.25) is 23.5 Å². The summed E-state index contributed by atoms with van der Waals surface area (Å²) in [4.78, 5) is 61.0. The van der Waals surface area contributed by atoms with E-state index in [-0.39, 0.29) is 35.8 Å². The highest BCUT2D eigenvalue weighted by Gasteiger charge is 2.42. The summed E-state index contributed by atoms with van der Waals surface area (Å²) < 4.78 is 2.37. The van der Waals surface area contributed by atoms with Gasteiger partial charge in [0.25, 0.3) is 5.56 Å². The van der Waals surface area contributed by atoms with Gasteiger partial charge < -0.3 is 37.3 Å². The number of fused-ring (bicyclic) bond motifs is 2. The third-order valence-electron chi connectivity index (χ3n) is 6.38. The number of nitrogens with two attached hydrogens (primary N) is 2. The summed E-state index contributed by atoms with van der Waals surface area (Å²) in [5, 5.41) is 23.1. The number of aromatic amines is 1. The third-order valence-corrected chi connectivity index (χ3v) is 7.89. The van der Waals surface area contributed by atoms with Crippen molar-refractivity contribution in [2.24, 2.45) is 25.6 Å². The number of urea groups is 1. The van der Waals surface area contributed by atoms with Crippen LogP contribution < -0.4 is 33.3 Å². The standard InChI is InChI=1S/C10H16N2O3S.C7H8N4O2.C6H14N2O2/c13-8(14)4-2-1-3-7-9-6(5-16-7)11-10(15)12-9;1-10-5-4(8-3-9-5)6(12)11(2)7(10)13;7-4-2-1-3-5(8)6(9)10/h6-7,9H,1-5H2,(H,13,14)(H2,11,12,15);3H,1-2H3,(H,8,9);5H,1-4,7-8H2,(H,9,10)/t6-,7-,9-;;5-/m0.0/s1. The lowest BCUT2D eigenvalue weighted by Gasteiger charge is -2.16. The highest BCUT2D eigenvalue weighted by Crippen LogP contribution is 2.33. The monoisotopic (exact) mass is 570 g/mol. The Morgan fingerprint density at radius 1 is 1.13 bits per heavy atom. The highest BCUT2D eigenvalue weighted by atomic mass is 32.2. The van der Waals surface area contributed by atoms with Crippen LogP contribution in [0, 0.1) is 0 Å². The number of carbonyl (C=O) groups excluding carboxylic acids is 1. The minimum atomic E-state index is -0.933. The highest BCUT2D eigenvalue weighted by molar-refractivity contribution is 8.00. The van der Waals surface area contributed by atoms with E-state index in [0.717, 1.165) is 42.4 Å². The van der Waals surface area contributed by atoms with Crippen molar-refractivity contribution in [2.75, 3.05) is 12.3 Å². The van der Waals surface area contributed by atoms with Crippen LogP contribution in [-0.2, 0) is 23.7 Å². The van der Waals surface area contributed by atoms with E-state index >= 15 is 0 Å². The second-order valence-corrected chi connectivity index (χ2v) is 10.6. The van der Waals surface area contributed by atoms with E-state index in [0.29, 0.717) is 29.4 Å². The van der Waals surface area contributed by atoms with E-state index in [9.17, 15) is 24.0 Å². The molecule has 0 saturated carbocycles. The fraction of sp³-hybridized carbons (Fsp3) is 0.652. The van der Waals surface area contributed by atoms with Gasteiger partial charge in [0.05, 0.1) is 18.4 Å². The molecule has 4 heterocycles. The van der Waals surface area contributed by atoms with Crippen LogP contribution in [-0.4, -0.2) is 83.0 Å². The SMILES string of the molecule is Cn1c(=O)c2[nH]cnc2n(C)c1=O.NCCCC[C@H](N)C(=O)O.O=C(O)CCCC[C@@H]1SC[C@@H]2NC(=O)N[C@@H]21. The van der Waals surface area contributed by atoms with E-state index in [2.05, 4.69) is 20.6 Å². The summed E-state index contributed by atoms with van der Waals surface area (Å²) >= 11 is 1.87. The van der Waals surface area contributed by atoms with Crippen molar-refractivity contribution < 1.29 is 24.6 Å². The lowest BCUT2D eigenvalue weighted by atomic mass is 10.0. The molecule has 218 valence electrons. The molecule has 16 heteroatoms. The van der Waals surface area contributed by atoms with Crippen molar-refractivity contribution in [3.63, 3.8) is 0 Å². The fourth-order valence-corrected chi connectivity index (χ4v) is 5.71. The zero-order valence-corrected chi connectivity index (χ0v) is 22.9. The van der Waals surface area contributed by atoms with Crippen molar-refractivity contribution in [3.05, 3.63) is 27.2 Å². The summed E-state index contributed by atoms with van der Waals surface area (Å²) in [5.74, 6) is -0.697. The molecular weight excluding hydrogens is 532 g/mol. The summed E-state index contributed by atoms with van der Waals surface area (Å²) in [6.07, 6.45) is 6.44. The van der Waals surface area contributed by atoms with E-state index in [4.69, 9.17) is 21.7 Å². The van der Waals surface area contributed by atoms with Crippen molar-refractivity contribution in [3.8, 4) is 0 Å². The first kappa shape index (κ1) is 31.8.